The van der Waals surface area contributed by atoms with E-state index < -0.39 is 10.0 Å². The van der Waals surface area contributed by atoms with Gasteiger partial charge in [-0.15, -0.1) is 0 Å². The van der Waals surface area contributed by atoms with Gasteiger partial charge in [-0.3, -0.25) is 9.52 Å². The van der Waals surface area contributed by atoms with Gasteiger partial charge >= 0.3 is 0 Å². The van der Waals surface area contributed by atoms with Crippen LogP contribution in [0.2, 0.25) is 5.02 Å². The van der Waals surface area contributed by atoms with Crippen molar-refractivity contribution in [1.82, 2.24) is 19.5 Å². The Bertz CT molecular complexity index is 1520. The zero-order valence-corrected chi connectivity index (χ0v) is 23.0. The Morgan fingerprint density at radius 3 is 2.63 bits per heavy atom. The molecule has 2 aliphatic rings. The van der Waals surface area contributed by atoms with Gasteiger partial charge < -0.3 is 9.80 Å². The summed E-state index contributed by atoms with van der Waals surface area (Å²) < 4.78 is 28.0. The van der Waals surface area contributed by atoms with E-state index in [-0.39, 0.29) is 29.1 Å². The van der Waals surface area contributed by atoms with Crippen molar-refractivity contribution in [3.8, 4) is 6.07 Å². The lowest BCUT2D eigenvalue weighted by molar-refractivity contribution is 0.0607. The molecular weight excluding hydrogens is 526 g/mol. The van der Waals surface area contributed by atoms with Crippen molar-refractivity contribution in [2.75, 3.05) is 35.5 Å². The fourth-order valence-electron chi connectivity index (χ4n) is 5.34. The molecule has 0 unspecified atom stereocenters. The van der Waals surface area contributed by atoms with Gasteiger partial charge in [-0.05, 0) is 57.2 Å². The third kappa shape index (κ3) is 5.42. The summed E-state index contributed by atoms with van der Waals surface area (Å²) in [7, 11) is -3.59. The van der Waals surface area contributed by atoms with E-state index in [0.29, 0.717) is 17.2 Å². The molecule has 1 amide bonds. The van der Waals surface area contributed by atoms with Crippen LogP contribution in [0.3, 0.4) is 0 Å². The van der Waals surface area contributed by atoms with Crippen LogP contribution in [-0.4, -0.2) is 59.7 Å². The standard InChI is InChI=1S/C26H30ClN7O3S/c1-17-16-34-24(29-25(17)32-11-8-18(15-28)9-12-32)14-22(30-34)23-5-3-4-10-33(23)26(35)20-13-19(27)6-7-21(20)31-38(2,36)37/h6-7,13-14,16,18,23,31H,3-5,8-12H2,1-2H3/t23-/m0/s1. The number of amides is 1. The minimum absolute atomic E-state index is 0.0966. The molecule has 2 aromatic heterocycles. The van der Waals surface area contributed by atoms with Gasteiger partial charge in [0.15, 0.2) is 5.65 Å². The van der Waals surface area contributed by atoms with Gasteiger partial charge in [0.1, 0.15) is 5.82 Å². The number of fused-ring (bicyclic) bond motifs is 1. The van der Waals surface area contributed by atoms with E-state index in [9.17, 15) is 18.5 Å². The maximum absolute atomic E-state index is 13.8. The molecule has 0 bridgehead atoms. The molecule has 1 N–H and O–H groups in total. The summed E-state index contributed by atoms with van der Waals surface area (Å²) >= 11 is 6.20. The molecule has 0 aliphatic carbocycles. The Hall–Kier alpha value is -3.36. The average molecular weight is 556 g/mol. The van der Waals surface area contributed by atoms with Gasteiger partial charge in [-0.1, -0.05) is 11.6 Å². The summed E-state index contributed by atoms with van der Waals surface area (Å²) in [6.45, 7) is 4.11. The molecule has 200 valence electrons. The zero-order valence-electron chi connectivity index (χ0n) is 21.4. The number of piperidine rings is 2. The molecule has 2 saturated heterocycles. The quantitative estimate of drug-likeness (QED) is 0.501. The number of aromatic nitrogens is 3. The van der Waals surface area contributed by atoms with Crippen LogP contribution in [0, 0.1) is 24.2 Å². The highest BCUT2D eigenvalue weighted by Gasteiger charge is 2.32. The summed E-state index contributed by atoms with van der Waals surface area (Å²) in [5.74, 6) is 0.692. The number of halogens is 1. The largest absolute Gasteiger partial charge is 0.356 e. The Morgan fingerprint density at radius 1 is 1.16 bits per heavy atom. The molecule has 1 aromatic carbocycles. The number of carbonyl (C=O) groups is 1. The number of hydrogen-bond acceptors (Lipinski definition) is 7. The van der Waals surface area contributed by atoms with Gasteiger partial charge in [-0.2, -0.15) is 10.4 Å². The number of nitrogens with one attached hydrogen (secondary N) is 1. The first-order valence-corrected chi connectivity index (χ1v) is 15.0. The first kappa shape index (κ1) is 26.3. The number of sulfonamides is 1. The predicted molar refractivity (Wildman–Crippen MR) is 146 cm³/mol. The lowest BCUT2D eigenvalue weighted by atomic mass is 9.98. The number of aryl methyl sites for hydroxylation is 1. The van der Waals surface area contributed by atoms with Crippen molar-refractivity contribution in [3.63, 3.8) is 0 Å². The van der Waals surface area contributed by atoms with Crippen LogP contribution >= 0.6 is 11.6 Å². The summed E-state index contributed by atoms with van der Waals surface area (Å²) in [4.78, 5) is 22.7. The van der Waals surface area contributed by atoms with Crippen molar-refractivity contribution in [2.45, 2.75) is 45.1 Å². The Labute approximate surface area is 227 Å². The lowest BCUT2D eigenvalue weighted by Gasteiger charge is -2.35. The average Bonchev–Trinajstić information content (AvgIpc) is 3.31. The van der Waals surface area contributed by atoms with Gasteiger partial charge in [0.25, 0.3) is 5.91 Å². The van der Waals surface area contributed by atoms with Crippen LogP contribution in [0.15, 0.2) is 30.5 Å². The number of likely N-dealkylation sites (tertiary alicyclic amines) is 1. The molecule has 4 heterocycles. The Kier molecular flexibility index (Phi) is 7.20. The summed E-state index contributed by atoms with van der Waals surface area (Å²) in [6.07, 6.45) is 7.17. The molecule has 38 heavy (non-hydrogen) atoms. The highest BCUT2D eigenvalue weighted by Crippen LogP contribution is 2.34. The summed E-state index contributed by atoms with van der Waals surface area (Å²) in [5.41, 5.74) is 2.83. The van der Waals surface area contributed by atoms with E-state index in [1.807, 2.05) is 19.2 Å². The van der Waals surface area contributed by atoms with E-state index in [1.165, 1.54) is 12.1 Å². The van der Waals surface area contributed by atoms with Crippen LogP contribution in [0.1, 0.15) is 59.8 Å². The number of benzene rings is 1. The van der Waals surface area contributed by atoms with Gasteiger partial charge in [0, 0.05) is 48.4 Å². The third-order valence-corrected chi connectivity index (χ3v) is 8.04. The maximum Gasteiger partial charge on any atom is 0.256 e. The van der Waals surface area contributed by atoms with Crippen LogP contribution < -0.4 is 9.62 Å². The van der Waals surface area contributed by atoms with Crippen molar-refractivity contribution in [3.05, 3.63) is 52.3 Å². The fraction of sp³-hybridized carbons (Fsp3) is 0.462. The van der Waals surface area contributed by atoms with Crippen molar-refractivity contribution in [2.24, 2.45) is 5.92 Å². The van der Waals surface area contributed by atoms with Crippen LogP contribution in [0.5, 0.6) is 0 Å². The first-order valence-electron chi connectivity index (χ1n) is 12.7. The van der Waals surface area contributed by atoms with E-state index in [2.05, 4.69) is 15.7 Å². The number of nitriles is 1. The topological polar surface area (TPSA) is 124 Å². The zero-order chi connectivity index (χ0) is 27.0. The molecule has 0 radical (unpaired) electrons. The second kappa shape index (κ2) is 10.4. The van der Waals surface area contributed by atoms with Gasteiger partial charge in [0.2, 0.25) is 10.0 Å². The second-order valence-electron chi connectivity index (χ2n) is 10.1. The summed E-state index contributed by atoms with van der Waals surface area (Å²) in [6, 6.07) is 8.57. The number of anilines is 2. The summed E-state index contributed by atoms with van der Waals surface area (Å²) in [5, 5.41) is 14.4. The minimum atomic E-state index is -3.59. The molecule has 3 aromatic rings. The number of rotatable bonds is 5. The van der Waals surface area contributed by atoms with Crippen LogP contribution in [-0.2, 0) is 10.0 Å². The predicted octanol–water partition coefficient (Wildman–Crippen LogP) is 4.17. The SMILES string of the molecule is Cc1cn2nc([C@@H]3CCCCN3C(=O)c3cc(Cl)ccc3NS(C)(=O)=O)cc2nc1N1CCC(C#N)CC1. The highest BCUT2D eigenvalue weighted by molar-refractivity contribution is 7.92. The number of nitrogens with zero attached hydrogens (tertiary/aromatic N) is 6. The van der Waals surface area contributed by atoms with Gasteiger partial charge in [0.05, 0.1) is 35.3 Å². The van der Waals surface area contributed by atoms with Gasteiger partial charge in [-0.25, -0.2) is 17.9 Å². The van der Waals surface area contributed by atoms with Crippen LogP contribution in [0.25, 0.3) is 5.65 Å². The molecule has 12 heteroatoms. The third-order valence-electron chi connectivity index (χ3n) is 7.21. The smallest absolute Gasteiger partial charge is 0.256 e. The molecule has 10 nitrogen and oxygen atoms in total. The van der Waals surface area contributed by atoms with Crippen molar-refractivity contribution in [1.29, 1.82) is 5.26 Å². The lowest BCUT2D eigenvalue weighted by Crippen LogP contribution is -2.39. The van der Waals surface area contributed by atoms with Crippen molar-refractivity contribution < 1.29 is 13.2 Å². The molecule has 0 spiro atoms. The molecular formula is C26H30ClN7O3S. The Morgan fingerprint density at radius 2 is 1.92 bits per heavy atom. The monoisotopic (exact) mass is 555 g/mol. The second-order valence-corrected chi connectivity index (χ2v) is 12.3. The number of hydrogen-bond donors (Lipinski definition) is 1. The molecule has 1 atom stereocenters. The molecule has 2 fully saturated rings. The first-order chi connectivity index (χ1) is 18.1. The van der Waals surface area contributed by atoms with E-state index >= 15 is 0 Å². The molecule has 0 saturated carbocycles. The van der Waals surface area contributed by atoms with E-state index in [0.717, 1.165) is 68.5 Å². The molecule has 5 rings (SSSR count). The normalized spacial score (nSPS) is 18.9. The maximum atomic E-state index is 13.8. The Balaban J connectivity index is 1.46. The molecule has 2 aliphatic heterocycles. The highest BCUT2D eigenvalue weighted by atomic mass is 35.5. The minimum Gasteiger partial charge on any atom is -0.356 e. The van der Waals surface area contributed by atoms with Crippen molar-refractivity contribution >= 4 is 44.7 Å². The van der Waals surface area contributed by atoms with Crippen LogP contribution in [0.4, 0.5) is 11.5 Å². The fourth-order valence-corrected chi connectivity index (χ4v) is 6.09. The number of carbonyl (C=O) groups excluding carboxylic acids is 1. The van der Waals surface area contributed by atoms with E-state index in [4.69, 9.17) is 21.7 Å². The van der Waals surface area contributed by atoms with E-state index in [1.54, 1.807) is 15.5 Å².